The van der Waals surface area contributed by atoms with E-state index in [1.165, 1.54) is 5.56 Å². The summed E-state index contributed by atoms with van der Waals surface area (Å²) < 4.78 is 0. The van der Waals surface area contributed by atoms with Gasteiger partial charge in [0.25, 0.3) is 0 Å². The van der Waals surface area contributed by atoms with Gasteiger partial charge in [-0.15, -0.1) is 0 Å². The van der Waals surface area contributed by atoms with Crippen molar-refractivity contribution in [1.82, 2.24) is 4.98 Å². The molecule has 0 radical (unpaired) electrons. The lowest BCUT2D eigenvalue weighted by Crippen LogP contribution is -1.96. The average Bonchev–Trinajstić information content (AvgIpc) is 2.32. The summed E-state index contributed by atoms with van der Waals surface area (Å²) in [5, 5.41) is 9.65. The van der Waals surface area contributed by atoms with Gasteiger partial charge in [-0.2, -0.15) is 0 Å². The molecule has 1 heterocycles. The van der Waals surface area contributed by atoms with Crippen LogP contribution >= 0.6 is 0 Å². The van der Waals surface area contributed by atoms with Crippen molar-refractivity contribution in [2.24, 2.45) is 0 Å². The molecule has 0 aliphatic carbocycles. The fourth-order valence-electron chi connectivity index (χ4n) is 1.69. The third kappa shape index (κ3) is 2.60. The number of hydrogen-bond donors (Lipinski definition) is 1. The van der Waals surface area contributed by atoms with E-state index in [-0.39, 0.29) is 0 Å². The molecule has 1 aromatic heterocycles. The van der Waals surface area contributed by atoms with Crippen molar-refractivity contribution in [1.29, 1.82) is 0 Å². The third-order valence-corrected chi connectivity index (χ3v) is 2.58. The Kier molecular flexibility index (Phi) is 3.20. The molecule has 16 heavy (non-hydrogen) atoms. The Morgan fingerprint density at radius 1 is 1.00 bits per heavy atom. The number of nitrogens with zero attached hydrogens (tertiary/aromatic N) is 1. The molecule has 0 aliphatic heterocycles. The fourth-order valence-corrected chi connectivity index (χ4v) is 1.69. The molecule has 0 atom stereocenters. The molecule has 0 amide bonds. The van der Waals surface area contributed by atoms with Gasteiger partial charge in [0.2, 0.25) is 0 Å². The van der Waals surface area contributed by atoms with Crippen LogP contribution in [0.25, 0.3) is 0 Å². The van der Waals surface area contributed by atoms with Gasteiger partial charge in [-0.3, -0.25) is 4.98 Å². The van der Waals surface area contributed by atoms with Crippen LogP contribution in [0.5, 0.6) is 5.75 Å². The van der Waals surface area contributed by atoms with Crippen LogP contribution in [0.3, 0.4) is 0 Å². The molecule has 82 valence electrons. The summed E-state index contributed by atoms with van der Waals surface area (Å²) in [4.78, 5) is 4.34. The lowest BCUT2D eigenvalue weighted by Gasteiger charge is -2.04. The van der Waals surface area contributed by atoms with Crippen LogP contribution in [-0.2, 0) is 12.8 Å². The van der Waals surface area contributed by atoms with E-state index in [2.05, 4.69) is 17.1 Å². The van der Waals surface area contributed by atoms with E-state index in [9.17, 15) is 5.11 Å². The average molecular weight is 213 g/mol. The summed E-state index contributed by atoms with van der Waals surface area (Å²) in [5.74, 6) is 0.293. The first kappa shape index (κ1) is 10.7. The van der Waals surface area contributed by atoms with Gasteiger partial charge in [-0.05, 0) is 37.5 Å². The summed E-state index contributed by atoms with van der Waals surface area (Å²) in [5.41, 5.74) is 3.00. The molecule has 1 aromatic carbocycles. The zero-order chi connectivity index (χ0) is 11.4. The maximum absolute atomic E-state index is 9.65. The predicted octanol–water partition coefficient (Wildman–Crippen LogP) is 2.88. The van der Waals surface area contributed by atoms with E-state index in [0.29, 0.717) is 5.75 Å². The monoisotopic (exact) mass is 213 g/mol. The quantitative estimate of drug-likeness (QED) is 0.850. The van der Waals surface area contributed by atoms with Crippen molar-refractivity contribution in [2.75, 3.05) is 0 Å². The highest BCUT2D eigenvalue weighted by atomic mass is 16.3. The Balaban J connectivity index is 2.08. The number of benzene rings is 1. The van der Waals surface area contributed by atoms with Crippen molar-refractivity contribution in [3.8, 4) is 5.75 Å². The van der Waals surface area contributed by atoms with E-state index < -0.39 is 0 Å². The molecule has 0 aliphatic rings. The van der Waals surface area contributed by atoms with E-state index in [1.807, 2.05) is 31.2 Å². The number of hydrogen-bond acceptors (Lipinski definition) is 2. The summed E-state index contributed by atoms with van der Waals surface area (Å²) in [7, 11) is 0. The first-order valence-corrected chi connectivity index (χ1v) is 5.45. The van der Waals surface area contributed by atoms with Crippen LogP contribution in [0.1, 0.15) is 17.0 Å². The number of aromatic nitrogens is 1. The second kappa shape index (κ2) is 4.79. The number of aromatic hydroxyl groups is 1. The van der Waals surface area contributed by atoms with E-state index in [1.54, 1.807) is 6.07 Å². The molecular weight excluding hydrogens is 198 g/mol. The maximum Gasteiger partial charge on any atom is 0.137 e. The van der Waals surface area contributed by atoms with Gasteiger partial charge in [0.05, 0.1) is 5.69 Å². The molecule has 0 spiro atoms. The summed E-state index contributed by atoms with van der Waals surface area (Å²) >= 11 is 0. The maximum atomic E-state index is 9.65. The highest BCUT2D eigenvalue weighted by Crippen LogP contribution is 2.16. The van der Waals surface area contributed by atoms with Crippen LogP contribution < -0.4 is 0 Å². The van der Waals surface area contributed by atoms with Gasteiger partial charge >= 0.3 is 0 Å². The molecule has 0 fully saturated rings. The minimum absolute atomic E-state index is 0.293. The number of aryl methyl sites for hydroxylation is 3. The highest BCUT2D eigenvalue weighted by molar-refractivity contribution is 5.28. The van der Waals surface area contributed by atoms with Crippen molar-refractivity contribution in [3.05, 3.63) is 59.4 Å². The molecule has 0 saturated carbocycles. The molecule has 2 rings (SSSR count). The van der Waals surface area contributed by atoms with Crippen molar-refractivity contribution >= 4 is 0 Å². The predicted molar refractivity (Wildman–Crippen MR) is 64.5 cm³/mol. The van der Waals surface area contributed by atoms with Crippen LogP contribution in [0.2, 0.25) is 0 Å². The SMILES string of the molecule is Cc1ccc(O)c(CCc2ccccc2)n1. The van der Waals surface area contributed by atoms with Crippen molar-refractivity contribution in [2.45, 2.75) is 19.8 Å². The molecule has 2 nitrogen and oxygen atoms in total. The standard InChI is InChI=1S/C14H15NO/c1-11-7-10-14(16)13(15-11)9-8-12-5-3-2-4-6-12/h2-7,10,16H,8-9H2,1H3. The van der Waals surface area contributed by atoms with Crippen LogP contribution in [0, 0.1) is 6.92 Å². The van der Waals surface area contributed by atoms with E-state index >= 15 is 0 Å². The largest absolute Gasteiger partial charge is 0.506 e. The second-order valence-electron chi connectivity index (χ2n) is 3.90. The lowest BCUT2D eigenvalue weighted by atomic mass is 10.1. The zero-order valence-corrected chi connectivity index (χ0v) is 9.35. The van der Waals surface area contributed by atoms with Crippen molar-refractivity contribution < 1.29 is 5.11 Å². The zero-order valence-electron chi connectivity index (χ0n) is 9.35. The molecule has 1 N–H and O–H groups in total. The number of pyridine rings is 1. The first-order chi connectivity index (χ1) is 7.75. The van der Waals surface area contributed by atoms with Crippen LogP contribution in [0.4, 0.5) is 0 Å². The van der Waals surface area contributed by atoms with E-state index in [4.69, 9.17) is 0 Å². The molecule has 0 unspecified atom stereocenters. The Hall–Kier alpha value is -1.83. The number of rotatable bonds is 3. The Morgan fingerprint density at radius 3 is 2.50 bits per heavy atom. The summed E-state index contributed by atoms with van der Waals surface area (Å²) in [6.07, 6.45) is 1.68. The van der Waals surface area contributed by atoms with E-state index in [0.717, 1.165) is 24.2 Å². The fraction of sp³-hybridized carbons (Fsp3) is 0.214. The van der Waals surface area contributed by atoms with Crippen LogP contribution in [-0.4, -0.2) is 10.1 Å². The van der Waals surface area contributed by atoms with Crippen LogP contribution in [0.15, 0.2) is 42.5 Å². The minimum Gasteiger partial charge on any atom is -0.506 e. The smallest absolute Gasteiger partial charge is 0.137 e. The normalized spacial score (nSPS) is 10.3. The first-order valence-electron chi connectivity index (χ1n) is 5.45. The lowest BCUT2D eigenvalue weighted by molar-refractivity contribution is 0.463. The topological polar surface area (TPSA) is 33.1 Å². The van der Waals surface area contributed by atoms with Gasteiger partial charge in [-0.25, -0.2) is 0 Å². The van der Waals surface area contributed by atoms with Gasteiger partial charge in [0.15, 0.2) is 0 Å². The highest BCUT2D eigenvalue weighted by Gasteiger charge is 2.03. The molecular formula is C14H15NO. The second-order valence-corrected chi connectivity index (χ2v) is 3.90. The van der Waals surface area contributed by atoms with Gasteiger partial charge in [0.1, 0.15) is 5.75 Å². The Bertz CT molecular complexity index is 465. The van der Waals surface area contributed by atoms with Gasteiger partial charge < -0.3 is 5.11 Å². The Labute approximate surface area is 95.6 Å². The van der Waals surface area contributed by atoms with Gasteiger partial charge in [-0.1, -0.05) is 30.3 Å². The molecule has 0 bridgehead atoms. The van der Waals surface area contributed by atoms with Crippen molar-refractivity contribution in [3.63, 3.8) is 0 Å². The Morgan fingerprint density at radius 2 is 1.75 bits per heavy atom. The summed E-state index contributed by atoms with van der Waals surface area (Å²) in [6.45, 7) is 1.94. The summed E-state index contributed by atoms with van der Waals surface area (Å²) in [6, 6.07) is 13.8. The molecule has 2 heteroatoms. The third-order valence-electron chi connectivity index (χ3n) is 2.58. The van der Waals surface area contributed by atoms with Gasteiger partial charge in [0, 0.05) is 5.69 Å². The molecule has 0 saturated heterocycles. The minimum atomic E-state index is 0.293. The molecule has 2 aromatic rings.